The van der Waals surface area contributed by atoms with Crippen LogP contribution >= 0.6 is 0 Å². The van der Waals surface area contributed by atoms with Gasteiger partial charge >= 0.3 is 0 Å². The van der Waals surface area contributed by atoms with E-state index in [4.69, 9.17) is 4.74 Å². The van der Waals surface area contributed by atoms with E-state index in [-0.39, 0.29) is 28.0 Å². The van der Waals surface area contributed by atoms with Gasteiger partial charge in [0.05, 0.1) is 7.11 Å². The average Bonchev–Trinajstić information content (AvgIpc) is 2.65. The van der Waals surface area contributed by atoms with Crippen LogP contribution in [0.1, 0.15) is 28.8 Å². The molecule has 0 bridgehead atoms. The summed E-state index contributed by atoms with van der Waals surface area (Å²) >= 11 is 0. The molecular formula is C19H24N2O4S. The monoisotopic (exact) mass is 376 g/mol. The quantitative estimate of drug-likeness (QED) is 0.805. The predicted molar refractivity (Wildman–Crippen MR) is 101 cm³/mol. The van der Waals surface area contributed by atoms with Crippen LogP contribution in [0.2, 0.25) is 0 Å². The molecule has 0 fully saturated rings. The van der Waals surface area contributed by atoms with Crippen molar-refractivity contribution in [1.82, 2.24) is 9.62 Å². The number of hydrogen-bond acceptors (Lipinski definition) is 4. The van der Waals surface area contributed by atoms with E-state index >= 15 is 0 Å². The molecule has 0 saturated heterocycles. The van der Waals surface area contributed by atoms with Gasteiger partial charge in [-0.25, -0.2) is 12.7 Å². The summed E-state index contributed by atoms with van der Waals surface area (Å²) in [6.45, 7) is 2.47. The normalized spacial score (nSPS) is 12.7. The van der Waals surface area contributed by atoms with Crippen molar-refractivity contribution >= 4 is 15.9 Å². The van der Waals surface area contributed by atoms with Crippen LogP contribution in [-0.2, 0) is 10.0 Å². The first-order valence-electron chi connectivity index (χ1n) is 8.21. The molecule has 2 rings (SSSR count). The number of amides is 1. The number of nitrogens with one attached hydrogen (secondary N) is 1. The van der Waals surface area contributed by atoms with E-state index in [1.165, 1.54) is 33.3 Å². The number of hydrogen-bond donors (Lipinski definition) is 1. The lowest BCUT2D eigenvalue weighted by Gasteiger charge is -2.16. The number of benzene rings is 2. The maximum Gasteiger partial charge on any atom is 0.251 e. The molecule has 1 N–H and O–H groups in total. The van der Waals surface area contributed by atoms with Crippen molar-refractivity contribution in [3.8, 4) is 5.75 Å². The lowest BCUT2D eigenvalue weighted by Crippen LogP contribution is -2.28. The van der Waals surface area contributed by atoms with Gasteiger partial charge in [0.15, 0.2) is 0 Å². The Hall–Kier alpha value is -2.38. The Kier molecular flexibility index (Phi) is 6.39. The van der Waals surface area contributed by atoms with Crippen molar-refractivity contribution in [2.45, 2.75) is 17.7 Å². The molecule has 0 aliphatic heterocycles. The van der Waals surface area contributed by atoms with E-state index in [9.17, 15) is 13.2 Å². The summed E-state index contributed by atoms with van der Waals surface area (Å²) in [4.78, 5) is 12.4. The zero-order valence-electron chi connectivity index (χ0n) is 15.4. The number of rotatable bonds is 7. The first-order valence-corrected chi connectivity index (χ1v) is 9.65. The Balaban J connectivity index is 2.19. The highest BCUT2D eigenvalue weighted by Crippen LogP contribution is 2.27. The third-order valence-corrected chi connectivity index (χ3v) is 5.96. The van der Waals surface area contributed by atoms with Gasteiger partial charge in [0, 0.05) is 26.2 Å². The minimum absolute atomic E-state index is 0.0336. The molecule has 2 aromatic rings. The molecule has 7 heteroatoms. The molecule has 0 aliphatic carbocycles. The van der Waals surface area contributed by atoms with Crippen molar-refractivity contribution in [3.63, 3.8) is 0 Å². The predicted octanol–water partition coefficient (Wildman–Crippen LogP) is 2.48. The van der Waals surface area contributed by atoms with Gasteiger partial charge in [-0.15, -0.1) is 0 Å². The molecular weight excluding hydrogens is 352 g/mol. The molecule has 0 heterocycles. The van der Waals surface area contributed by atoms with Crippen LogP contribution in [0.4, 0.5) is 0 Å². The van der Waals surface area contributed by atoms with Gasteiger partial charge in [-0.2, -0.15) is 0 Å². The lowest BCUT2D eigenvalue weighted by atomic mass is 10.0. The zero-order chi connectivity index (χ0) is 19.3. The Bertz CT molecular complexity index is 864. The Morgan fingerprint density at radius 1 is 1.15 bits per heavy atom. The summed E-state index contributed by atoms with van der Waals surface area (Å²) in [6, 6.07) is 14.3. The molecule has 2 aromatic carbocycles. The van der Waals surface area contributed by atoms with Gasteiger partial charge in [0.2, 0.25) is 10.0 Å². The Morgan fingerprint density at radius 2 is 1.81 bits per heavy atom. The molecule has 0 radical (unpaired) electrons. The number of ether oxygens (including phenoxy) is 1. The molecule has 1 atom stereocenters. The van der Waals surface area contributed by atoms with E-state index < -0.39 is 10.0 Å². The van der Waals surface area contributed by atoms with Crippen molar-refractivity contribution in [1.29, 1.82) is 0 Å². The summed E-state index contributed by atoms with van der Waals surface area (Å²) in [6.07, 6.45) is 0. The van der Waals surface area contributed by atoms with Gasteiger partial charge < -0.3 is 10.1 Å². The summed E-state index contributed by atoms with van der Waals surface area (Å²) in [7, 11) is 0.540. The van der Waals surface area contributed by atoms with Crippen molar-refractivity contribution in [3.05, 3.63) is 59.7 Å². The van der Waals surface area contributed by atoms with E-state index in [0.29, 0.717) is 6.54 Å². The minimum Gasteiger partial charge on any atom is -0.495 e. The molecule has 1 unspecified atom stereocenters. The third kappa shape index (κ3) is 4.42. The van der Waals surface area contributed by atoms with Gasteiger partial charge in [-0.3, -0.25) is 4.79 Å². The number of sulfonamides is 1. The van der Waals surface area contributed by atoms with Crippen LogP contribution in [0.5, 0.6) is 5.75 Å². The molecule has 140 valence electrons. The average molecular weight is 376 g/mol. The maximum atomic E-state index is 12.5. The van der Waals surface area contributed by atoms with Crippen molar-refractivity contribution in [2.75, 3.05) is 27.7 Å². The van der Waals surface area contributed by atoms with E-state index in [2.05, 4.69) is 5.32 Å². The van der Waals surface area contributed by atoms with Crippen LogP contribution in [0.15, 0.2) is 53.4 Å². The molecule has 0 aliphatic rings. The van der Waals surface area contributed by atoms with Crippen LogP contribution in [0, 0.1) is 0 Å². The second-order valence-electron chi connectivity index (χ2n) is 6.17. The van der Waals surface area contributed by atoms with Crippen molar-refractivity contribution in [2.24, 2.45) is 0 Å². The number of carbonyl (C=O) groups excluding carboxylic acids is 1. The SMILES string of the molecule is COc1ccc(C(=O)NCC(C)c2ccccc2)cc1S(=O)(=O)N(C)C. The van der Waals surface area contributed by atoms with Crippen LogP contribution in [-0.4, -0.2) is 46.4 Å². The van der Waals surface area contributed by atoms with Gasteiger partial charge in [0.1, 0.15) is 10.6 Å². The highest BCUT2D eigenvalue weighted by Gasteiger charge is 2.24. The highest BCUT2D eigenvalue weighted by atomic mass is 32.2. The molecule has 0 saturated carbocycles. The third-order valence-electron chi connectivity index (χ3n) is 4.12. The Morgan fingerprint density at radius 3 is 2.38 bits per heavy atom. The number of methoxy groups -OCH3 is 1. The summed E-state index contributed by atoms with van der Waals surface area (Å²) < 4.78 is 31.1. The summed E-state index contributed by atoms with van der Waals surface area (Å²) in [5, 5.41) is 2.85. The minimum atomic E-state index is -3.72. The van der Waals surface area contributed by atoms with Gasteiger partial charge in [-0.1, -0.05) is 37.3 Å². The second kappa shape index (κ2) is 8.33. The largest absolute Gasteiger partial charge is 0.495 e. The first-order chi connectivity index (χ1) is 12.3. The molecule has 0 spiro atoms. The van der Waals surface area contributed by atoms with Crippen LogP contribution in [0.3, 0.4) is 0 Å². The van der Waals surface area contributed by atoms with E-state index in [1.807, 2.05) is 37.3 Å². The topological polar surface area (TPSA) is 75.7 Å². The van der Waals surface area contributed by atoms with E-state index in [0.717, 1.165) is 9.87 Å². The van der Waals surface area contributed by atoms with Crippen LogP contribution < -0.4 is 10.1 Å². The molecule has 1 amide bonds. The fourth-order valence-corrected chi connectivity index (χ4v) is 3.54. The number of carbonyl (C=O) groups is 1. The smallest absolute Gasteiger partial charge is 0.251 e. The summed E-state index contributed by atoms with van der Waals surface area (Å²) in [5.74, 6) is 0.0157. The van der Waals surface area contributed by atoms with E-state index in [1.54, 1.807) is 6.07 Å². The standard InChI is InChI=1S/C19H24N2O4S/c1-14(15-8-6-5-7-9-15)13-20-19(22)16-10-11-17(25-4)18(12-16)26(23,24)21(2)3/h5-12,14H,13H2,1-4H3,(H,20,22). The van der Waals surface area contributed by atoms with Crippen LogP contribution in [0.25, 0.3) is 0 Å². The molecule has 26 heavy (non-hydrogen) atoms. The van der Waals surface area contributed by atoms with Crippen molar-refractivity contribution < 1.29 is 17.9 Å². The lowest BCUT2D eigenvalue weighted by molar-refractivity contribution is 0.0951. The first kappa shape index (κ1) is 19.9. The molecule has 0 aromatic heterocycles. The number of nitrogens with zero attached hydrogens (tertiary/aromatic N) is 1. The molecule has 6 nitrogen and oxygen atoms in total. The summed E-state index contributed by atoms with van der Waals surface area (Å²) in [5.41, 5.74) is 1.39. The zero-order valence-corrected chi connectivity index (χ0v) is 16.2. The maximum absolute atomic E-state index is 12.5. The van der Waals surface area contributed by atoms with Gasteiger partial charge in [-0.05, 0) is 29.7 Å². The second-order valence-corrected chi connectivity index (χ2v) is 8.30. The fourth-order valence-electron chi connectivity index (χ4n) is 2.46. The van der Waals surface area contributed by atoms with Gasteiger partial charge in [0.25, 0.3) is 5.91 Å². The highest BCUT2D eigenvalue weighted by molar-refractivity contribution is 7.89. The Labute approximate surface area is 154 Å². The fraction of sp³-hybridized carbons (Fsp3) is 0.316.